The summed E-state index contributed by atoms with van der Waals surface area (Å²) < 4.78 is 5.10. The van der Waals surface area contributed by atoms with Gasteiger partial charge in [-0.1, -0.05) is 13.8 Å². The summed E-state index contributed by atoms with van der Waals surface area (Å²) in [6.07, 6.45) is 1.22. The van der Waals surface area contributed by atoms with Crippen molar-refractivity contribution in [2.75, 3.05) is 31.3 Å². The van der Waals surface area contributed by atoms with E-state index in [0.29, 0.717) is 19.8 Å². The molecule has 0 bridgehead atoms. The van der Waals surface area contributed by atoms with Crippen molar-refractivity contribution < 1.29 is 24.0 Å². The van der Waals surface area contributed by atoms with Crippen LogP contribution in [0.25, 0.3) is 0 Å². The highest BCUT2D eigenvalue weighted by atomic mass is 32.2. The highest BCUT2D eigenvalue weighted by Crippen LogP contribution is 2.08. The Hall–Kier alpha value is 0.280. The van der Waals surface area contributed by atoms with Crippen LogP contribution < -0.4 is 0 Å². The summed E-state index contributed by atoms with van der Waals surface area (Å²) in [7, 11) is -0.921. The molecule has 0 aromatic rings. The third kappa shape index (κ3) is 16.2. The third-order valence-electron chi connectivity index (χ3n) is 1.86. The van der Waals surface area contributed by atoms with Crippen molar-refractivity contribution >= 4 is 27.5 Å². The standard InChI is InChI=1S/C11H25BO5S.B/c1-5-13-12(16-14-6-2)17-15-8-10-18-9-7-11(3)4;/h11H,5-10H2,1-4H3;. The maximum atomic E-state index is 5.10. The smallest absolute Gasteiger partial charge is 0.383 e. The third-order valence-corrected chi connectivity index (χ3v) is 2.84. The lowest BCUT2D eigenvalue weighted by Gasteiger charge is -2.11. The molecule has 0 aliphatic heterocycles. The molecular formula is C11H25B2O5S. The molecule has 0 unspecified atom stereocenters. The molecule has 111 valence electrons. The molecule has 0 N–H and O–H groups in total. The second-order valence-electron chi connectivity index (χ2n) is 3.96. The Morgan fingerprint density at radius 1 is 1.00 bits per heavy atom. The summed E-state index contributed by atoms with van der Waals surface area (Å²) in [5.74, 6) is 2.78. The molecule has 0 fully saturated rings. The van der Waals surface area contributed by atoms with E-state index >= 15 is 0 Å². The first-order valence-corrected chi connectivity index (χ1v) is 7.62. The first kappa shape index (κ1) is 21.6. The Bertz CT molecular complexity index is 177. The lowest BCUT2D eigenvalue weighted by molar-refractivity contribution is -0.297. The lowest BCUT2D eigenvalue weighted by atomic mass is 10.2. The minimum atomic E-state index is -0.921. The summed E-state index contributed by atoms with van der Waals surface area (Å²) in [5, 5.41) is 0. The van der Waals surface area contributed by atoms with Crippen molar-refractivity contribution in [1.82, 2.24) is 0 Å². The van der Waals surface area contributed by atoms with Gasteiger partial charge in [-0.05, 0) is 31.9 Å². The average molecular weight is 291 g/mol. The highest BCUT2D eigenvalue weighted by Gasteiger charge is 2.23. The number of thioether (sulfide) groups is 1. The topological polar surface area (TPSA) is 46.2 Å². The van der Waals surface area contributed by atoms with E-state index in [1.807, 2.05) is 25.6 Å². The van der Waals surface area contributed by atoms with Gasteiger partial charge in [-0.2, -0.15) is 11.8 Å². The Kier molecular flexibility index (Phi) is 18.5. The number of hydrogen-bond acceptors (Lipinski definition) is 6. The van der Waals surface area contributed by atoms with Crippen LogP contribution in [0.3, 0.4) is 0 Å². The van der Waals surface area contributed by atoms with Gasteiger partial charge in [-0.3, -0.25) is 0 Å². The fourth-order valence-corrected chi connectivity index (χ4v) is 1.98. The molecule has 0 heterocycles. The monoisotopic (exact) mass is 291 g/mol. The van der Waals surface area contributed by atoms with Crippen LogP contribution in [-0.2, 0) is 24.0 Å². The van der Waals surface area contributed by atoms with Crippen molar-refractivity contribution in [3.63, 3.8) is 0 Å². The van der Waals surface area contributed by atoms with Crippen LogP contribution >= 0.6 is 11.8 Å². The lowest BCUT2D eigenvalue weighted by Crippen LogP contribution is -2.28. The predicted octanol–water partition coefficient (Wildman–Crippen LogP) is 2.32. The molecule has 3 radical (unpaired) electrons. The van der Waals surface area contributed by atoms with E-state index in [2.05, 4.69) is 13.8 Å². The molecule has 0 aliphatic rings. The average Bonchev–Trinajstić information content (AvgIpc) is 2.34. The van der Waals surface area contributed by atoms with Crippen LogP contribution in [0.15, 0.2) is 0 Å². The van der Waals surface area contributed by atoms with E-state index in [0.717, 1.165) is 17.4 Å². The molecule has 0 aromatic carbocycles. The molecule has 5 nitrogen and oxygen atoms in total. The molecule has 0 saturated heterocycles. The van der Waals surface area contributed by atoms with Gasteiger partial charge in [-0.15, -0.1) is 0 Å². The molecule has 0 aromatic heterocycles. The van der Waals surface area contributed by atoms with E-state index in [-0.39, 0.29) is 8.41 Å². The molecule has 0 aliphatic carbocycles. The van der Waals surface area contributed by atoms with Gasteiger partial charge in [0, 0.05) is 20.8 Å². The van der Waals surface area contributed by atoms with Crippen molar-refractivity contribution in [3.8, 4) is 0 Å². The van der Waals surface area contributed by atoms with Gasteiger partial charge in [0.2, 0.25) is 0 Å². The van der Waals surface area contributed by atoms with E-state index < -0.39 is 7.32 Å². The Morgan fingerprint density at radius 2 is 1.68 bits per heavy atom. The van der Waals surface area contributed by atoms with Crippen molar-refractivity contribution in [2.24, 2.45) is 5.92 Å². The molecule has 0 atom stereocenters. The zero-order valence-electron chi connectivity index (χ0n) is 12.4. The van der Waals surface area contributed by atoms with E-state index in [4.69, 9.17) is 24.0 Å². The van der Waals surface area contributed by atoms with Crippen LogP contribution in [0.2, 0.25) is 0 Å². The van der Waals surface area contributed by atoms with Crippen LogP contribution in [-0.4, -0.2) is 47.1 Å². The second-order valence-corrected chi connectivity index (χ2v) is 5.18. The first-order valence-electron chi connectivity index (χ1n) is 6.46. The zero-order valence-corrected chi connectivity index (χ0v) is 13.2. The SMILES string of the molecule is CCOOB(OCC)OOCCSCCC(C)C.[B]. The normalized spacial score (nSPS) is 10.6. The van der Waals surface area contributed by atoms with Crippen molar-refractivity contribution in [3.05, 3.63) is 0 Å². The molecule has 0 amide bonds. The molecule has 8 heteroatoms. The first-order chi connectivity index (χ1) is 8.70. The summed E-state index contributed by atoms with van der Waals surface area (Å²) in [6.45, 7) is 9.49. The van der Waals surface area contributed by atoms with Gasteiger partial charge < -0.3 is 4.65 Å². The van der Waals surface area contributed by atoms with Gasteiger partial charge in [-0.25, -0.2) is 19.4 Å². The highest BCUT2D eigenvalue weighted by molar-refractivity contribution is 7.99. The fraction of sp³-hybridized carbons (Fsp3) is 1.00. The predicted molar refractivity (Wildman–Crippen MR) is 79.7 cm³/mol. The van der Waals surface area contributed by atoms with Crippen molar-refractivity contribution in [2.45, 2.75) is 34.1 Å². The molecule has 0 saturated carbocycles. The van der Waals surface area contributed by atoms with Gasteiger partial charge in [0.25, 0.3) is 0 Å². The van der Waals surface area contributed by atoms with E-state index in [1.165, 1.54) is 6.42 Å². The maximum absolute atomic E-state index is 5.10. The van der Waals surface area contributed by atoms with Gasteiger partial charge in [0.15, 0.2) is 0 Å². The summed E-state index contributed by atoms with van der Waals surface area (Å²) >= 11 is 1.85. The largest absolute Gasteiger partial charge is 0.696 e. The summed E-state index contributed by atoms with van der Waals surface area (Å²) in [5.41, 5.74) is 0. The van der Waals surface area contributed by atoms with Crippen LogP contribution in [0.1, 0.15) is 34.1 Å². The molecular weight excluding hydrogens is 266 g/mol. The Balaban J connectivity index is 0. The van der Waals surface area contributed by atoms with Crippen LogP contribution in [0, 0.1) is 5.92 Å². The second kappa shape index (κ2) is 16.3. The summed E-state index contributed by atoms with van der Waals surface area (Å²) in [4.78, 5) is 19.5. The minimum Gasteiger partial charge on any atom is -0.383 e. The van der Waals surface area contributed by atoms with Gasteiger partial charge in [0.1, 0.15) is 0 Å². The molecule has 0 rings (SSSR count). The molecule has 0 spiro atoms. The van der Waals surface area contributed by atoms with Crippen LogP contribution in [0.4, 0.5) is 0 Å². The van der Waals surface area contributed by atoms with Crippen LogP contribution in [0.5, 0.6) is 0 Å². The minimum absolute atomic E-state index is 0. The fourth-order valence-electron chi connectivity index (χ4n) is 0.949. The van der Waals surface area contributed by atoms with Gasteiger partial charge >= 0.3 is 7.32 Å². The number of rotatable bonds is 13. The Morgan fingerprint density at radius 3 is 2.26 bits per heavy atom. The quantitative estimate of drug-likeness (QED) is 0.225. The Labute approximate surface area is 123 Å². The summed E-state index contributed by atoms with van der Waals surface area (Å²) in [6, 6.07) is 0. The number of hydrogen-bond donors (Lipinski definition) is 0. The maximum Gasteiger partial charge on any atom is 0.696 e. The van der Waals surface area contributed by atoms with E-state index in [1.54, 1.807) is 0 Å². The van der Waals surface area contributed by atoms with E-state index in [9.17, 15) is 0 Å². The van der Waals surface area contributed by atoms with Gasteiger partial charge in [0.05, 0.1) is 13.2 Å². The zero-order chi connectivity index (χ0) is 13.6. The van der Waals surface area contributed by atoms with Crippen molar-refractivity contribution in [1.29, 1.82) is 0 Å². The molecule has 19 heavy (non-hydrogen) atoms.